The molecule has 6 heterocycles. The Hall–Kier alpha value is -5.57. The number of ether oxygens (including phenoxy) is 4. The first-order valence-corrected chi connectivity index (χ1v) is 22.6. The van der Waals surface area contributed by atoms with Gasteiger partial charge in [-0.2, -0.15) is 5.10 Å². The van der Waals surface area contributed by atoms with Gasteiger partial charge in [-0.3, -0.25) is 0 Å². The second-order valence-corrected chi connectivity index (χ2v) is 16.5. The Balaban J connectivity index is 0.000000188. The van der Waals surface area contributed by atoms with Crippen LogP contribution in [0.25, 0.3) is 33.8 Å². The number of imidazole rings is 2. The fourth-order valence-electron chi connectivity index (χ4n) is 8.18. The van der Waals surface area contributed by atoms with Crippen LogP contribution in [0, 0.1) is 11.8 Å². The average molecular weight is 963 g/mol. The Morgan fingerprint density at radius 2 is 1.12 bits per heavy atom. The molecule has 3 N–H and O–H groups in total. The number of anilines is 1. The van der Waals surface area contributed by atoms with Crippen molar-refractivity contribution in [1.82, 2.24) is 39.0 Å². The predicted molar refractivity (Wildman–Crippen MR) is 245 cm³/mol. The number of hydrogen-bond donors (Lipinski definition) is 2. The van der Waals surface area contributed by atoms with E-state index in [9.17, 15) is 26.3 Å². The fourth-order valence-corrected chi connectivity index (χ4v) is 8.32. The standard InChI is InChI=1S/C23H28F3N5O2.C14H9ClF3N3O2.C9H20N2/c1-3-30-12-9-16(10-13-30)8-11-27-21-6-7-22-28-15-19(31(22)29-21)18-14-17(33-23(24,25)26)4-5-20(18)32-2;1-22-11-3-2-8(23-14(16,17)18)6-9(11)10-7-19-13-5-4-12(15)20-21(10)13;1-2-11-7-4-9(3-6-10)5-8-11/h4-7,14-16H,3,8-13H2,1-2H3,(H,27,29);2-7H,1H3;9H,2-8,10H2,1H3. The lowest BCUT2D eigenvalue weighted by atomic mass is 9.93. The summed E-state index contributed by atoms with van der Waals surface area (Å²) in [5, 5.41) is 12.3. The van der Waals surface area contributed by atoms with Crippen molar-refractivity contribution in [2.24, 2.45) is 17.6 Å². The van der Waals surface area contributed by atoms with E-state index in [0.717, 1.165) is 45.1 Å². The number of benzene rings is 2. The van der Waals surface area contributed by atoms with Crippen molar-refractivity contribution >= 4 is 28.7 Å². The minimum absolute atomic E-state index is 0.221. The van der Waals surface area contributed by atoms with Gasteiger partial charge in [0.1, 0.15) is 34.0 Å². The van der Waals surface area contributed by atoms with Crippen molar-refractivity contribution in [2.75, 3.05) is 71.9 Å². The number of nitrogens with two attached hydrogens (primary N) is 1. The number of likely N-dealkylation sites (tertiary alicyclic amines) is 2. The highest BCUT2D eigenvalue weighted by molar-refractivity contribution is 6.29. The van der Waals surface area contributed by atoms with E-state index in [1.165, 1.54) is 113 Å². The molecule has 6 aromatic rings. The van der Waals surface area contributed by atoms with Crippen LogP contribution in [0.15, 0.2) is 73.1 Å². The Bertz CT molecular complexity index is 2490. The molecule has 0 bridgehead atoms. The van der Waals surface area contributed by atoms with Crippen LogP contribution in [0.4, 0.5) is 32.2 Å². The molecular formula is C46H57ClF6N10O4. The maximum Gasteiger partial charge on any atom is 0.573 e. The van der Waals surface area contributed by atoms with E-state index in [2.05, 4.69) is 58.6 Å². The number of nitrogens with zero attached hydrogens (tertiary/aromatic N) is 8. The molecule has 2 saturated heterocycles. The summed E-state index contributed by atoms with van der Waals surface area (Å²) in [6.07, 6.45) is 0.914. The maximum atomic E-state index is 12.7. The summed E-state index contributed by atoms with van der Waals surface area (Å²) < 4.78 is 96.9. The molecule has 21 heteroatoms. The molecule has 364 valence electrons. The van der Waals surface area contributed by atoms with Crippen LogP contribution in [0.5, 0.6) is 23.0 Å². The first kappa shape index (κ1) is 50.8. The largest absolute Gasteiger partial charge is 0.573 e. The first-order valence-electron chi connectivity index (χ1n) is 22.2. The van der Waals surface area contributed by atoms with Crippen molar-refractivity contribution in [1.29, 1.82) is 0 Å². The molecule has 2 fully saturated rings. The van der Waals surface area contributed by atoms with Crippen LogP contribution in [-0.4, -0.2) is 118 Å². The Kier molecular flexibility index (Phi) is 17.8. The topological polar surface area (TPSA) is 142 Å². The maximum absolute atomic E-state index is 12.7. The number of aromatic nitrogens is 6. The highest BCUT2D eigenvalue weighted by atomic mass is 35.5. The number of fused-ring (bicyclic) bond motifs is 2. The lowest BCUT2D eigenvalue weighted by Gasteiger charge is -2.31. The van der Waals surface area contributed by atoms with Gasteiger partial charge in [0.25, 0.3) is 0 Å². The van der Waals surface area contributed by atoms with Gasteiger partial charge in [-0.25, -0.2) is 19.0 Å². The van der Waals surface area contributed by atoms with E-state index in [4.69, 9.17) is 26.8 Å². The van der Waals surface area contributed by atoms with Gasteiger partial charge >= 0.3 is 12.7 Å². The fraction of sp³-hybridized carbons (Fsp3) is 0.478. The quantitative estimate of drug-likeness (QED) is 0.100. The highest BCUT2D eigenvalue weighted by Crippen LogP contribution is 2.37. The second-order valence-electron chi connectivity index (χ2n) is 16.1. The van der Waals surface area contributed by atoms with Crippen LogP contribution in [0.1, 0.15) is 52.4 Å². The van der Waals surface area contributed by atoms with Crippen LogP contribution in [0.3, 0.4) is 0 Å². The molecule has 2 aliphatic rings. The van der Waals surface area contributed by atoms with Crippen molar-refractivity contribution in [3.63, 3.8) is 0 Å². The SMILES string of the molecule is CCN1CCC(CCN)CC1.CCN1CCC(CCNc2ccc3ncc(-c4cc(OC(F)(F)F)ccc4OC)n3n2)CC1.COc1ccc(OC(F)(F)F)cc1-c1cnc2ccc(Cl)nn12. The zero-order chi connectivity index (χ0) is 48.1. The van der Waals surface area contributed by atoms with Gasteiger partial charge in [-0.1, -0.05) is 25.4 Å². The Morgan fingerprint density at radius 1 is 0.657 bits per heavy atom. The summed E-state index contributed by atoms with van der Waals surface area (Å²) in [4.78, 5) is 13.5. The molecule has 14 nitrogen and oxygen atoms in total. The van der Waals surface area contributed by atoms with E-state index in [1.807, 2.05) is 12.1 Å². The smallest absolute Gasteiger partial charge is 0.496 e. The van der Waals surface area contributed by atoms with Crippen molar-refractivity contribution in [3.8, 4) is 45.5 Å². The molecule has 0 unspecified atom stereocenters. The highest BCUT2D eigenvalue weighted by Gasteiger charge is 2.33. The normalized spacial score (nSPS) is 15.4. The third-order valence-corrected chi connectivity index (χ3v) is 12.0. The third-order valence-electron chi connectivity index (χ3n) is 11.8. The summed E-state index contributed by atoms with van der Waals surface area (Å²) in [6.45, 7) is 13.3. The van der Waals surface area contributed by atoms with Crippen LogP contribution >= 0.6 is 11.6 Å². The zero-order valence-corrected chi connectivity index (χ0v) is 38.7. The van der Waals surface area contributed by atoms with Gasteiger partial charge in [0.15, 0.2) is 11.3 Å². The minimum Gasteiger partial charge on any atom is -0.496 e. The molecule has 4 aromatic heterocycles. The van der Waals surface area contributed by atoms with Crippen molar-refractivity contribution in [3.05, 3.63) is 78.2 Å². The monoisotopic (exact) mass is 962 g/mol. The van der Waals surface area contributed by atoms with Gasteiger partial charge in [0.2, 0.25) is 0 Å². The first-order chi connectivity index (χ1) is 32.1. The lowest BCUT2D eigenvalue weighted by Crippen LogP contribution is -2.33. The van der Waals surface area contributed by atoms with E-state index in [-0.39, 0.29) is 16.7 Å². The van der Waals surface area contributed by atoms with E-state index in [1.54, 1.807) is 22.8 Å². The molecule has 8 rings (SSSR count). The summed E-state index contributed by atoms with van der Waals surface area (Å²) in [5.74, 6) is 2.33. The summed E-state index contributed by atoms with van der Waals surface area (Å²) in [6, 6.07) is 14.5. The van der Waals surface area contributed by atoms with E-state index in [0.29, 0.717) is 57.0 Å². The predicted octanol–water partition coefficient (Wildman–Crippen LogP) is 9.86. The second kappa shape index (κ2) is 23.4. The van der Waals surface area contributed by atoms with E-state index < -0.39 is 12.7 Å². The Labute approximate surface area is 390 Å². The molecule has 2 aliphatic heterocycles. The third kappa shape index (κ3) is 14.5. The molecular weight excluding hydrogens is 906 g/mol. The molecule has 0 spiro atoms. The number of piperidine rings is 2. The molecule has 0 radical (unpaired) electrons. The van der Waals surface area contributed by atoms with Crippen molar-refractivity contribution < 1.29 is 45.3 Å². The number of rotatable bonds is 14. The number of hydrogen-bond acceptors (Lipinski definition) is 12. The molecule has 67 heavy (non-hydrogen) atoms. The molecule has 0 saturated carbocycles. The number of alkyl halides is 6. The van der Waals surface area contributed by atoms with Gasteiger partial charge in [0, 0.05) is 17.7 Å². The van der Waals surface area contributed by atoms with Crippen LogP contribution in [0.2, 0.25) is 5.15 Å². The number of nitrogens with one attached hydrogen (secondary N) is 1. The summed E-state index contributed by atoms with van der Waals surface area (Å²) >= 11 is 5.86. The van der Waals surface area contributed by atoms with Crippen LogP contribution < -0.4 is 30.0 Å². The summed E-state index contributed by atoms with van der Waals surface area (Å²) in [7, 11) is 2.87. The number of methoxy groups -OCH3 is 2. The van der Waals surface area contributed by atoms with Crippen molar-refractivity contribution in [2.45, 2.75) is 65.1 Å². The molecule has 0 atom stereocenters. The average Bonchev–Trinajstić information content (AvgIpc) is 3.93. The molecule has 0 amide bonds. The Morgan fingerprint density at radius 3 is 1.57 bits per heavy atom. The van der Waals surface area contributed by atoms with Gasteiger partial charge in [-0.05, 0) is 157 Å². The zero-order valence-electron chi connectivity index (χ0n) is 37.9. The lowest BCUT2D eigenvalue weighted by molar-refractivity contribution is -0.275. The minimum atomic E-state index is -4.78. The van der Waals surface area contributed by atoms with E-state index >= 15 is 0 Å². The van der Waals surface area contributed by atoms with Crippen LogP contribution in [-0.2, 0) is 0 Å². The van der Waals surface area contributed by atoms with Gasteiger partial charge in [0.05, 0.1) is 38.0 Å². The summed E-state index contributed by atoms with van der Waals surface area (Å²) in [5.41, 5.74) is 8.26. The molecule has 0 aliphatic carbocycles. The van der Waals surface area contributed by atoms with Gasteiger partial charge < -0.3 is 39.8 Å². The molecule has 2 aromatic carbocycles. The van der Waals surface area contributed by atoms with Gasteiger partial charge in [-0.15, -0.1) is 31.4 Å². The number of halogens is 7.